The maximum atomic E-state index is 12.4. The molecule has 4 N–H and O–H groups in total. The number of nitrogens with two attached hydrogens (primary N) is 1. The van der Waals surface area contributed by atoms with Crippen LogP contribution in [0.3, 0.4) is 0 Å². The zero-order valence-electron chi connectivity index (χ0n) is 11.0. The van der Waals surface area contributed by atoms with Gasteiger partial charge in [-0.3, -0.25) is 4.79 Å². The van der Waals surface area contributed by atoms with Gasteiger partial charge in [-0.25, -0.2) is 0 Å². The van der Waals surface area contributed by atoms with E-state index in [1.165, 1.54) is 0 Å². The highest BCUT2D eigenvalue weighted by atomic mass is 16.5. The van der Waals surface area contributed by atoms with Gasteiger partial charge in [-0.15, -0.1) is 0 Å². The van der Waals surface area contributed by atoms with Crippen molar-refractivity contribution in [3.63, 3.8) is 0 Å². The number of ether oxygens (including phenoxy) is 1. The first kappa shape index (κ1) is 14.7. The SMILES string of the molecule is CC1COC(CO)CN1C(=O)C(C)(C)C(N)=NO. The third-order valence-electron chi connectivity index (χ3n) is 3.25. The van der Waals surface area contributed by atoms with Crippen molar-refractivity contribution in [3.8, 4) is 0 Å². The van der Waals surface area contributed by atoms with E-state index in [0.717, 1.165) is 0 Å². The second-order valence-corrected chi connectivity index (χ2v) is 5.05. The third kappa shape index (κ3) is 2.73. The summed E-state index contributed by atoms with van der Waals surface area (Å²) < 4.78 is 5.36. The fraction of sp³-hybridized carbons (Fsp3) is 0.818. The maximum Gasteiger partial charge on any atom is 0.236 e. The Kier molecular flexibility index (Phi) is 4.53. The molecule has 0 spiro atoms. The van der Waals surface area contributed by atoms with Crippen LogP contribution in [0.4, 0.5) is 0 Å². The molecular weight excluding hydrogens is 238 g/mol. The summed E-state index contributed by atoms with van der Waals surface area (Å²) in [6.07, 6.45) is -0.381. The van der Waals surface area contributed by atoms with E-state index in [2.05, 4.69) is 5.16 Å². The molecule has 2 unspecified atom stereocenters. The van der Waals surface area contributed by atoms with E-state index in [1.54, 1.807) is 18.7 Å². The lowest BCUT2D eigenvalue weighted by Crippen LogP contribution is -2.57. The molecule has 18 heavy (non-hydrogen) atoms. The molecule has 7 nitrogen and oxygen atoms in total. The second kappa shape index (κ2) is 5.53. The molecule has 1 rings (SSSR count). The van der Waals surface area contributed by atoms with Crippen molar-refractivity contribution < 1.29 is 19.8 Å². The lowest BCUT2D eigenvalue weighted by Gasteiger charge is -2.40. The third-order valence-corrected chi connectivity index (χ3v) is 3.25. The molecular formula is C11H21N3O4. The topological polar surface area (TPSA) is 108 Å². The van der Waals surface area contributed by atoms with Crippen molar-refractivity contribution in [2.45, 2.75) is 32.9 Å². The molecule has 7 heteroatoms. The number of morpholine rings is 1. The van der Waals surface area contributed by atoms with E-state index >= 15 is 0 Å². The number of carbonyl (C=O) groups is 1. The summed E-state index contributed by atoms with van der Waals surface area (Å²) in [6.45, 7) is 5.58. The molecule has 1 saturated heterocycles. The van der Waals surface area contributed by atoms with Crippen molar-refractivity contribution in [2.75, 3.05) is 19.8 Å². The van der Waals surface area contributed by atoms with Crippen LogP contribution in [0.5, 0.6) is 0 Å². The first-order valence-corrected chi connectivity index (χ1v) is 5.86. The molecule has 0 saturated carbocycles. The highest BCUT2D eigenvalue weighted by Gasteiger charge is 2.40. The monoisotopic (exact) mass is 259 g/mol. The summed E-state index contributed by atoms with van der Waals surface area (Å²) >= 11 is 0. The van der Waals surface area contributed by atoms with Gasteiger partial charge < -0.3 is 25.7 Å². The standard InChI is InChI=1S/C11H21N3O4/c1-7-6-18-8(5-15)4-14(7)10(16)11(2,3)9(12)13-17/h7-8,15,17H,4-6H2,1-3H3,(H2,12,13). The number of nitrogens with zero attached hydrogens (tertiary/aromatic N) is 2. The maximum absolute atomic E-state index is 12.4. The van der Waals surface area contributed by atoms with Gasteiger partial charge in [0.15, 0.2) is 5.84 Å². The molecule has 1 amide bonds. The quantitative estimate of drug-likeness (QED) is 0.270. The van der Waals surface area contributed by atoms with Crippen LogP contribution in [0.25, 0.3) is 0 Å². The summed E-state index contributed by atoms with van der Waals surface area (Å²) in [6, 6.07) is -0.105. The normalized spacial score (nSPS) is 26.2. The average molecular weight is 259 g/mol. The first-order chi connectivity index (χ1) is 8.34. The number of amides is 1. The van der Waals surface area contributed by atoms with Crippen LogP contribution in [0, 0.1) is 5.41 Å². The molecule has 0 aromatic rings. The average Bonchev–Trinajstić information content (AvgIpc) is 2.37. The van der Waals surface area contributed by atoms with E-state index in [9.17, 15) is 4.79 Å². The molecule has 1 heterocycles. The molecule has 0 aromatic heterocycles. The zero-order valence-corrected chi connectivity index (χ0v) is 11.0. The number of oxime groups is 1. The van der Waals surface area contributed by atoms with Crippen LogP contribution in [-0.4, -0.2) is 58.9 Å². The van der Waals surface area contributed by atoms with Gasteiger partial charge in [0.05, 0.1) is 25.4 Å². The Morgan fingerprint density at radius 1 is 1.61 bits per heavy atom. The molecule has 0 bridgehead atoms. The zero-order chi connectivity index (χ0) is 13.9. The summed E-state index contributed by atoms with van der Waals surface area (Å²) in [7, 11) is 0. The van der Waals surface area contributed by atoms with E-state index < -0.39 is 5.41 Å². The van der Waals surface area contributed by atoms with Crippen molar-refractivity contribution in [3.05, 3.63) is 0 Å². The Morgan fingerprint density at radius 2 is 2.22 bits per heavy atom. The van der Waals surface area contributed by atoms with Gasteiger partial charge in [-0.1, -0.05) is 5.16 Å². The van der Waals surface area contributed by atoms with Crippen LogP contribution in [0.1, 0.15) is 20.8 Å². The number of aliphatic hydroxyl groups excluding tert-OH is 1. The highest BCUT2D eigenvalue weighted by Crippen LogP contribution is 2.23. The van der Waals surface area contributed by atoms with Gasteiger partial charge >= 0.3 is 0 Å². The number of rotatable bonds is 3. The van der Waals surface area contributed by atoms with E-state index in [4.69, 9.17) is 20.8 Å². The Hall–Kier alpha value is -1.34. The molecule has 1 aliphatic heterocycles. The van der Waals surface area contributed by atoms with Gasteiger partial charge in [0.25, 0.3) is 0 Å². The van der Waals surface area contributed by atoms with E-state index in [1.807, 2.05) is 6.92 Å². The summed E-state index contributed by atoms with van der Waals surface area (Å²) in [5.74, 6) is -0.376. The van der Waals surface area contributed by atoms with Gasteiger partial charge in [0, 0.05) is 6.54 Å². The Bertz CT molecular complexity index is 343. The van der Waals surface area contributed by atoms with Crippen molar-refractivity contribution in [2.24, 2.45) is 16.3 Å². The van der Waals surface area contributed by atoms with Crippen LogP contribution in [0.2, 0.25) is 0 Å². The number of carbonyl (C=O) groups excluding carboxylic acids is 1. The summed E-state index contributed by atoms with van der Waals surface area (Å²) in [4.78, 5) is 14.0. The number of hydrogen-bond acceptors (Lipinski definition) is 5. The molecule has 2 atom stereocenters. The van der Waals surface area contributed by atoms with Gasteiger partial charge in [-0.2, -0.15) is 0 Å². The largest absolute Gasteiger partial charge is 0.409 e. The van der Waals surface area contributed by atoms with Gasteiger partial charge in [0.1, 0.15) is 5.41 Å². The smallest absolute Gasteiger partial charge is 0.236 e. The van der Waals surface area contributed by atoms with Crippen molar-refractivity contribution >= 4 is 11.7 Å². The van der Waals surface area contributed by atoms with Gasteiger partial charge in [-0.05, 0) is 20.8 Å². The highest BCUT2D eigenvalue weighted by molar-refractivity contribution is 6.06. The molecule has 1 fully saturated rings. The minimum absolute atomic E-state index is 0.105. The predicted molar refractivity (Wildman–Crippen MR) is 65.2 cm³/mol. The molecule has 104 valence electrons. The lowest BCUT2D eigenvalue weighted by molar-refractivity contribution is -0.152. The van der Waals surface area contributed by atoms with Crippen LogP contribution in [0.15, 0.2) is 5.16 Å². The lowest BCUT2D eigenvalue weighted by atomic mass is 9.89. The molecule has 0 aliphatic carbocycles. The minimum Gasteiger partial charge on any atom is -0.409 e. The minimum atomic E-state index is -1.08. The van der Waals surface area contributed by atoms with Gasteiger partial charge in [0.2, 0.25) is 5.91 Å². The number of aliphatic hydroxyl groups is 1. The summed E-state index contributed by atoms with van der Waals surface area (Å²) in [5.41, 5.74) is 4.46. The Balaban J connectivity index is 2.87. The first-order valence-electron chi connectivity index (χ1n) is 5.86. The van der Waals surface area contributed by atoms with E-state index in [0.29, 0.717) is 13.2 Å². The van der Waals surface area contributed by atoms with Crippen LogP contribution < -0.4 is 5.73 Å². The molecule has 1 aliphatic rings. The fourth-order valence-electron chi connectivity index (χ4n) is 1.80. The Morgan fingerprint density at radius 3 is 2.72 bits per heavy atom. The van der Waals surface area contributed by atoms with E-state index in [-0.39, 0.29) is 30.5 Å². The molecule has 0 radical (unpaired) electrons. The fourth-order valence-corrected chi connectivity index (χ4v) is 1.80. The van der Waals surface area contributed by atoms with Crippen LogP contribution in [-0.2, 0) is 9.53 Å². The van der Waals surface area contributed by atoms with Crippen molar-refractivity contribution in [1.29, 1.82) is 0 Å². The second-order valence-electron chi connectivity index (χ2n) is 5.05. The summed E-state index contributed by atoms with van der Waals surface area (Å²) in [5, 5.41) is 20.7. The molecule has 0 aromatic carbocycles. The Labute approximate surface area is 106 Å². The van der Waals surface area contributed by atoms with Crippen molar-refractivity contribution in [1.82, 2.24) is 4.90 Å². The van der Waals surface area contributed by atoms with Crippen LogP contribution >= 0.6 is 0 Å². The number of amidine groups is 1. The predicted octanol–water partition coefficient (Wildman–Crippen LogP) is -0.633. The number of hydrogen-bond donors (Lipinski definition) is 3.